The summed E-state index contributed by atoms with van der Waals surface area (Å²) in [6.45, 7) is 8.34. The maximum absolute atomic E-state index is 13.0. The Morgan fingerprint density at radius 2 is 0.846 bits per heavy atom. The lowest BCUT2D eigenvalue weighted by molar-refractivity contribution is -0.143. The van der Waals surface area contributed by atoms with Crippen LogP contribution in [-0.2, 0) is 57.2 Å². The Kier molecular flexibility index (Phi) is 22.4. The van der Waals surface area contributed by atoms with Gasteiger partial charge in [-0.25, -0.2) is 19.2 Å². The molecule has 0 heterocycles. The maximum atomic E-state index is 13.0. The number of hydrogen-bond donors (Lipinski definition) is 6. The summed E-state index contributed by atoms with van der Waals surface area (Å²) in [6, 6.07) is -4.65. The second kappa shape index (κ2) is 24.3. The Morgan fingerprint density at radius 1 is 0.519 bits per heavy atom. The van der Waals surface area contributed by atoms with Crippen molar-refractivity contribution < 1.29 is 66.8 Å². The van der Waals surface area contributed by atoms with Gasteiger partial charge in [-0.3, -0.25) is 19.2 Å². The number of hydrogen-bond acceptors (Lipinski definition) is 18. The topological polar surface area (TPSA) is 264 Å². The van der Waals surface area contributed by atoms with E-state index < -0.39 is 96.3 Å². The maximum Gasteiger partial charge on any atom is 0.408 e. The van der Waals surface area contributed by atoms with Crippen LogP contribution >= 0.6 is 21.6 Å². The monoisotopic (exact) mass is 784 g/mol. The van der Waals surface area contributed by atoms with Crippen molar-refractivity contribution in [2.45, 2.75) is 76.9 Å². The van der Waals surface area contributed by atoms with Gasteiger partial charge < -0.3 is 60.3 Å². The molecule has 0 bridgehead atoms. The van der Waals surface area contributed by atoms with Gasteiger partial charge in [-0.05, 0) is 41.5 Å². The quantitative estimate of drug-likeness (QED) is 0.0353. The van der Waals surface area contributed by atoms with Crippen LogP contribution < -0.4 is 31.9 Å². The molecule has 22 heteroatoms. The summed E-state index contributed by atoms with van der Waals surface area (Å²) in [7, 11) is 6.75. The molecule has 0 rings (SSSR count). The first-order chi connectivity index (χ1) is 24.2. The van der Waals surface area contributed by atoms with E-state index in [0.29, 0.717) is 0 Å². The van der Waals surface area contributed by atoms with Gasteiger partial charge in [0.05, 0.1) is 40.5 Å². The number of ether oxygens (including phenoxy) is 6. The predicted octanol–water partition coefficient (Wildman–Crippen LogP) is -1.00. The van der Waals surface area contributed by atoms with E-state index >= 15 is 0 Å². The van der Waals surface area contributed by atoms with Gasteiger partial charge in [0, 0.05) is 24.6 Å². The van der Waals surface area contributed by atoms with E-state index in [-0.39, 0.29) is 24.6 Å². The third kappa shape index (κ3) is 22.0. The summed E-state index contributed by atoms with van der Waals surface area (Å²) < 4.78 is 29.1. The Bertz CT molecular complexity index is 1140. The molecule has 4 atom stereocenters. The molecular weight excluding hydrogens is 732 g/mol. The summed E-state index contributed by atoms with van der Waals surface area (Å²) in [5, 5.41) is 15.3. The largest absolute Gasteiger partial charge is 0.468 e. The Balaban J connectivity index is 5.85. The van der Waals surface area contributed by atoms with Crippen molar-refractivity contribution in [1.29, 1.82) is 0 Å². The van der Waals surface area contributed by atoms with Gasteiger partial charge in [-0.1, -0.05) is 21.6 Å². The van der Waals surface area contributed by atoms with Gasteiger partial charge in [0.1, 0.15) is 36.4 Å². The lowest BCUT2D eigenvalue weighted by Crippen LogP contribution is -2.55. The van der Waals surface area contributed by atoms with Crippen molar-refractivity contribution in [3.63, 3.8) is 0 Å². The first-order valence-electron chi connectivity index (χ1n) is 15.7. The van der Waals surface area contributed by atoms with Crippen LogP contribution in [0.3, 0.4) is 0 Å². The van der Waals surface area contributed by atoms with E-state index in [4.69, 9.17) is 18.9 Å². The average Bonchev–Trinajstić information content (AvgIpc) is 3.06. The van der Waals surface area contributed by atoms with Gasteiger partial charge >= 0.3 is 36.1 Å². The molecule has 0 aromatic heterocycles. The highest BCUT2D eigenvalue weighted by Gasteiger charge is 2.30. The van der Waals surface area contributed by atoms with Gasteiger partial charge in [0.25, 0.3) is 0 Å². The second-order valence-corrected chi connectivity index (χ2v) is 15.1. The minimum atomic E-state index is -1.27. The molecule has 298 valence electrons. The number of nitrogens with one attached hydrogen (secondary N) is 6. The lowest BCUT2D eigenvalue weighted by atomic mass is 10.2. The fourth-order valence-corrected chi connectivity index (χ4v) is 5.88. The predicted molar refractivity (Wildman–Crippen MR) is 189 cm³/mol. The summed E-state index contributed by atoms with van der Waals surface area (Å²) in [4.78, 5) is 98.9. The molecule has 0 unspecified atom stereocenters. The highest BCUT2D eigenvalue weighted by Crippen LogP contribution is 2.23. The fourth-order valence-electron chi connectivity index (χ4n) is 3.49. The molecule has 4 amide bonds. The molecule has 52 heavy (non-hydrogen) atoms. The molecule has 0 saturated carbocycles. The summed E-state index contributed by atoms with van der Waals surface area (Å²) in [5.41, 5.74) is -1.72. The molecule has 6 N–H and O–H groups in total. The summed E-state index contributed by atoms with van der Waals surface area (Å²) in [5.74, 6) is -4.39. The summed E-state index contributed by atoms with van der Waals surface area (Å²) >= 11 is 0. The van der Waals surface area contributed by atoms with Crippen molar-refractivity contribution in [1.82, 2.24) is 31.9 Å². The van der Waals surface area contributed by atoms with E-state index in [9.17, 15) is 38.4 Å². The summed E-state index contributed by atoms with van der Waals surface area (Å²) in [6.07, 6.45) is -1.80. The molecule has 0 aromatic carbocycles. The molecule has 20 nitrogen and oxygen atoms in total. The zero-order valence-electron chi connectivity index (χ0n) is 31.1. The van der Waals surface area contributed by atoms with E-state index in [2.05, 4.69) is 41.4 Å². The van der Waals surface area contributed by atoms with E-state index in [1.165, 1.54) is 0 Å². The fraction of sp³-hybridized carbons (Fsp3) is 0.733. The molecule has 0 radical (unpaired) electrons. The zero-order valence-corrected chi connectivity index (χ0v) is 32.7. The molecule has 0 aromatic rings. The van der Waals surface area contributed by atoms with Crippen LogP contribution in [0.25, 0.3) is 0 Å². The molecule has 0 aliphatic carbocycles. The average molecular weight is 785 g/mol. The Hall–Kier alpha value is -4.02. The number of carbonyl (C=O) groups excluding carboxylic acids is 8. The number of methoxy groups -OCH3 is 4. The van der Waals surface area contributed by atoms with Gasteiger partial charge in [0.15, 0.2) is 0 Å². The van der Waals surface area contributed by atoms with Crippen LogP contribution in [0.2, 0.25) is 0 Å². The Morgan fingerprint density at radius 3 is 1.12 bits per heavy atom. The molecular formula is C30H52N6O14S2. The number of carbonyl (C=O) groups is 8. The highest BCUT2D eigenvalue weighted by molar-refractivity contribution is 8.76. The van der Waals surface area contributed by atoms with Crippen LogP contribution in [0, 0.1) is 0 Å². The molecule has 0 saturated heterocycles. The lowest BCUT2D eigenvalue weighted by Gasteiger charge is -2.25. The number of amides is 4. The highest BCUT2D eigenvalue weighted by atomic mass is 33.1. The smallest absolute Gasteiger partial charge is 0.408 e. The van der Waals surface area contributed by atoms with Gasteiger partial charge in [-0.2, -0.15) is 0 Å². The molecule has 0 aliphatic heterocycles. The van der Waals surface area contributed by atoms with Crippen molar-refractivity contribution in [3.05, 3.63) is 0 Å². The van der Waals surface area contributed by atoms with Crippen molar-refractivity contribution in [2.24, 2.45) is 0 Å². The third-order valence-corrected chi connectivity index (χ3v) is 8.37. The van der Waals surface area contributed by atoms with Crippen molar-refractivity contribution >= 4 is 69.5 Å². The van der Waals surface area contributed by atoms with E-state index in [1.54, 1.807) is 41.5 Å². The molecule has 0 fully saturated rings. The number of alkyl carbamates (subject to hydrolysis) is 2. The second-order valence-electron chi connectivity index (χ2n) is 12.5. The normalized spacial score (nSPS) is 13.5. The van der Waals surface area contributed by atoms with E-state index in [0.717, 1.165) is 50.0 Å². The van der Waals surface area contributed by atoms with Crippen LogP contribution in [0.1, 0.15) is 41.5 Å². The van der Waals surface area contributed by atoms with Crippen LogP contribution in [-0.4, -0.2) is 149 Å². The molecule has 0 spiro atoms. The standard InChI is InChI=1S/C30H52N6O14S2/c1-29(2,3)49-27(43)35-17(25(41)47-9)11-31-19(23(39)33-13-21(37)45-7)15-51-52-16-20(24(40)34-14-22(38)46-8)32-12-18(26(42)48-10)36-28(44)50-30(4,5)6/h17-20,31-32H,11-16H2,1-10H3,(H,33,39)(H,34,40)(H,35,43)(H,36,44)/t17-,18-,19+,20+/m1/s1. The third-order valence-electron chi connectivity index (χ3n) is 5.95. The van der Waals surface area contributed by atoms with Gasteiger partial charge in [0.2, 0.25) is 11.8 Å². The zero-order chi connectivity index (χ0) is 40.1. The SMILES string of the molecule is COC(=O)CNC(=O)[C@H](CSSC[C@H](NC[C@@H](NC(=O)OC(C)(C)C)C(=O)OC)C(=O)NCC(=O)OC)NC[C@@H](NC(=O)OC(C)(C)C)C(=O)OC. The van der Waals surface area contributed by atoms with Crippen molar-refractivity contribution in [3.8, 4) is 0 Å². The minimum absolute atomic E-state index is 0.000508. The first-order valence-corrected chi connectivity index (χ1v) is 18.2. The first kappa shape index (κ1) is 48.0. The van der Waals surface area contributed by atoms with Crippen LogP contribution in [0.15, 0.2) is 0 Å². The molecule has 0 aliphatic rings. The van der Waals surface area contributed by atoms with E-state index in [1.807, 2.05) is 0 Å². The minimum Gasteiger partial charge on any atom is -0.468 e. The number of rotatable bonds is 21. The van der Waals surface area contributed by atoms with Crippen LogP contribution in [0.4, 0.5) is 9.59 Å². The number of esters is 4. The Labute approximate surface area is 310 Å². The van der Waals surface area contributed by atoms with Gasteiger partial charge in [-0.15, -0.1) is 0 Å². The van der Waals surface area contributed by atoms with Crippen molar-refractivity contribution in [2.75, 3.05) is 66.1 Å². The van der Waals surface area contributed by atoms with Crippen LogP contribution in [0.5, 0.6) is 0 Å².